The molecule has 0 fully saturated rings. The molecule has 0 radical (unpaired) electrons. The Morgan fingerprint density at radius 3 is 2.38 bits per heavy atom. The van der Waals surface area contributed by atoms with Gasteiger partial charge in [-0.3, -0.25) is 4.79 Å². The maximum absolute atomic E-state index is 13.0. The molecule has 3 aromatic rings. The number of methoxy groups -OCH3 is 2. The largest absolute Gasteiger partial charge is 0.493 e. The Kier molecular flexibility index (Phi) is 6.20. The Bertz CT molecular complexity index is 1200. The van der Waals surface area contributed by atoms with E-state index in [-0.39, 0.29) is 17.3 Å². The monoisotopic (exact) mass is 456 g/mol. The summed E-state index contributed by atoms with van der Waals surface area (Å²) in [7, 11) is -0.544. The van der Waals surface area contributed by atoms with E-state index in [1.165, 1.54) is 30.5 Å². The van der Waals surface area contributed by atoms with Crippen LogP contribution in [0, 0.1) is 0 Å². The summed E-state index contributed by atoms with van der Waals surface area (Å²) in [5.74, 6) is 1.65. The molecule has 8 nitrogen and oxygen atoms in total. The van der Waals surface area contributed by atoms with Crippen LogP contribution in [0.4, 0.5) is 0 Å². The fourth-order valence-corrected chi connectivity index (χ4v) is 4.67. The number of fused-ring (bicyclic) bond motifs is 1. The Morgan fingerprint density at radius 2 is 1.75 bits per heavy atom. The maximum Gasteiger partial charge on any atom is 0.254 e. The minimum absolute atomic E-state index is 0.0530. The SMILES string of the molecule is COc1cc2c(cc1OC)CN(C(=O)c1ccc(S(=O)(=O)NCc3ccco3)cc1)CC2. The van der Waals surface area contributed by atoms with Crippen LogP contribution in [0.1, 0.15) is 27.2 Å². The van der Waals surface area contributed by atoms with E-state index in [9.17, 15) is 13.2 Å². The van der Waals surface area contributed by atoms with Crippen molar-refractivity contribution in [2.24, 2.45) is 0 Å². The minimum Gasteiger partial charge on any atom is -0.493 e. The van der Waals surface area contributed by atoms with Gasteiger partial charge in [0.15, 0.2) is 11.5 Å². The number of hydrogen-bond acceptors (Lipinski definition) is 6. The summed E-state index contributed by atoms with van der Waals surface area (Å²) in [5, 5.41) is 0. The van der Waals surface area contributed by atoms with Gasteiger partial charge in [0, 0.05) is 18.7 Å². The van der Waals surface area contributed by atoms with Crippen LogP contribution in [-0.4, -0.2) is 40.0 Å². The van der Waals surface area contributed by atoms with E-state index >= 15 is 0 Å². The molecule has 1 N–H and O–H groups in total. The molecular weight excluding hydrogens is 432 g/mol. The number of nitrogens with zero attached hydrogens (tertiary/aromatic N) is 1. The first kappa shape index (κ1) is 21.9. The number of amides is 1. The van der Waals surface area contributed by atoms with Crippen LogP contribution >= 0.6 is 0 Å². The second-order valence-corrected chi connectivity index (χ2v) is 9.15. The first-order chi connectivity index (χ1) is 15.4. The van der Waals surface area contributed by atoms with Crippen LogP contribution in [0.3, 0.4) is 0 Å². The van der Waals surface area contributed by atoms with Crippen molar-refractivity contribution >= 4 is 15.9 Å². The molecule has 168 valence electrons. The number of nitrogens with one attached hydrogen (secondary N) is 1. The van der Waals surface area contributed by atoms with Crippen molar-refractivity contribution in [3.8, 4) is 11.5 Å². The van der Waals surface area contributed by atoms with Crippen molar-refractivity contribution in [3.05, 3.63) is 77.2 Å². The highest BCUT2D eigenvalue weighted by Gasteiger charge is 2.24. The average Bonchev–Trinajstić information content (AvgIpc) is 3.35. The number of ether oxygens (including phenoxy) is 2. The molecule has 0 aliphatic carbocycles. The van der Waals surface area contributed by atoms with Gasteiger partial charge in [0.05, 0.1) is 31.9 Å². The molecule has 1 amide bonds. The number of benzene rings is 2. The molecule has 0 atom stereocenters. The third-order valence-electron chi connectivity index (χ3n) is 5.43. The standard InChI is InChI=1S/C23H24N2O6S/c1-29-21-12-17-9-10-25(15-18(17)13-22(21)30-2)23(26)16-5-7-20(8-6-16)32(27,28)24-14-19-4-3-11-31-19/h3-8,11-13,24H,9-10,14-15H2,1-2H3. The molecule has 32 heavy (non-hydrogen) atoms. The first-order valence-corrected chi connectivity index (χ1v) is 11.5. The predicted octanol–water partition coefficient (Wildman–Crippen LogP) is 2.97. The van der Waals surface area contributed by atoms with Gasteiger partial charge in [-0.25, -0.2) is 13.1 Å². The summed E-state index contributed by atoms with van der Waals surface area (Å²) in [6.45, 7) is 1.06. The predicted molar refractivity (Wildman–Crippen MR) is 117 cm³/mol. The lowest BCUT2D eigenvalue weighted by molar-refractivity contribution is 0.0734. The molecular formula is C23H24N2O6S. The van der Waals surface area contributed by atoms with E-state index in [2.05, 4.69) is 4.72 Å². The Hall–Kier alpha value is -3.30. The highest BCUT2D eigenvalue weighted by atomic mass is 32.2. The molecule has 1 aromatic heterocycles. The van der Waals surface area contributed by atoms with Crippen molar-refractivity contribution in [2.45, 2.75) is 24.4 Å². The minimum atomic E-state index is -3.72. The van der Waals surface area contributed by atoms with Gasteiger partial charge < -0.3 is 18.8 Å². The second kappa shape index (κ2) is 9.05. The van der Waals surface area contributed by atoms with Crippen LogP contribution in [0.15, 0.2) is 64.1 Å². The molecule has 1 aliphatic rings. The Labute approximate surface area is 186 Å². The molecule has 0 saturated heterocycles. The van der Waals surface area contributed by atoms with Crippen molar-refractivity contribution < 1.29 is 27.1 Å². The summed E-state index contributed by atoms with van der Waals surface area (Å²) in [5.41, 5.74) is 2.55. The van der Waals surface area contributed by atoms with Crippen LogP contribution < -0.4 is 14.2 Å². The molecule has 0 bridgehead atoms. The normalized spacial score (nSPS) is 13.5. The molecule has 2 aromatic carbocycles. The summed E-state index contributed by atoms with van der Waals surface area (Å²) >= 11 is 0. The van der Waals surface area contributed by atoms with E-state index < -0.39 is 10.0 Å². The van der Waals surface area contributed by atoms with Gasteiger partial charge >= 0.3 is 0 Å². The maximum atomic E-state index is 13.0. The van der Waals surface area contributed by atoms with Gasteiger partial charge in [0.1, 0.15) is 5.76 Å². The highest BCUT2D eigenvalue weighted by Crippen LogP contribution is 2.33. The third kappa shape index (κ3) is 4.49. The van der Waals surface area contributed by atoms with E-state index in [4.69, 9.17) is 13.9 Å². The number of sulfonamides is 1. The average molecular weight is 457 g/mol. The zero-order valence-corrected chi connectivity index (χ0v) is 18.6. The second-order valence-electron chi connectivity index (χ2n) is 7.38. The summed E-state index contributed by atoms with van der Waals surface area (Å²) in [6.07, 6.45) is 2.18. The lowest BCUT2D eigenvalue weighted by Crippen LogP contribution is -2.36. The zero-order chi connectivity index (χ0) is 22.7. The first-order valence-electron chi connectivity index (χ1n) is 10.1. The van der Waals surface area contributed by atoms with Crippen molar-refractivity contribution in [1.29, 1.82) is 0 Å². The van der Waals surface area contributed by atoms with E-state index in [0.29, 0.717) is 42.3 Å². The van der Waals surface area contributed by atoms with E-state index in [0.717, 1.165) is 11.1 Å². The van der Waals surface area contributed by atoms with E-state index in [1.54, 1.807) is 31.3 Å². The fourth-order valence-electron chi connectivity index (χ4n) is 3.68. The molecule has 1 aliphatic heterocycles. The fraction of sp³-hybridized carbons (Fsp3) is 0.261. The number of furan rings is 1. The summed E-state index contributed by atoms with van der Waals surface area (Å²) < 4.78 is 43.3. The molecule has 0 saturated carbocycles. The highest BCUT2D eigenvalue weighted by molar-refractivity contribution is 7.89. The third-order valence-corrected chi connectivity index (χ3v) is 6.85. The quantitative estimate of drug-likeness (QED) is 0.587. The van der Waals surface area contributed by atoms with Gasteiger partial charge in [-0.2, -0.15) is 0 Å². The number of carbonyl (C=O) groups excluding carboxylic acids is 1. The lowest BCUT2D eigenvalue weighted by Gasteiger charge is -2.29. The summed E-state index contributed by atoms with van der Waals surface area (Å²) in [4.78, 5) is 14.8. The number of hydrogen-bond donors (Lipinski definition) is 1. The molecule has 4 rings (SSSR count). The smallest absolute Gasteiger partial charge is 0.254 e. The van der Waals surface area contributed by atoms with Gasteiger partial charge in [-0.15, -0.1) is 0 Å². The molecule has 2 heterocycles. The van der Waals surface area contributed by atoms with Crippen molar-refractivity contribution in [3.63, 3.8) is 0 Å². The molecule has 0 spiro atoms. The van der Waals surface area contributed by atoms with Gasteiger partial charge in [-0.05, 0) is 66.1 Å². The van der Waals surface area contributed by atoms with Gasteiger partial charge in [-0.1, -0.05) is 0 Å². The summed E-state index contributed by atoms with van der Waals surface area (Å²) in [6, 6.07) is 13.2. The molecule has 0 unspecified atom stereocenters. The van der Waals surface area contributed by atoms with Gasteiger partial charge in [0.25, 0.3) is 5.91 Å². The Balaban J connectivity index is 1.46. The van der Waals surface area contributed by atoms with Crippen LogP contribution in [-0.2, 0) is 29.5 Å². The zero-order valence-electron chi connectivity index (χ0n) is 17.8. The Morgan fingerprint density at radius 1 is 1.06 bits per heavy atom. The number of carbonyl (C=O) groups is 1. The molecule has 9 heteroatoms. The topological polar surface area (TPSA) is 98.1 Å². The number of rotatable bonds is 7. The van der Waals surface area contributed by atoms with Crippen LogP contribution in [0.2, 0.25) is 0 Å². The van der Waals surface area contributed by atoms with Crippen molar-refractivity contribution in [2.75, 3.05) is 20.8 Å². The van der Waals surface area contributed by atoms with Crippen LogP contribution in [0.25, 0.3) is 0 Å². The van der Waals surface area contributed by atoms with E-state index in [1.807, 2.05) is 12.1 Å². The lowest BCUT2D eigenvalue weighted by atomic mass is 9.98. The van der Waals surface area contributed by atoms with Gasteiger partial charge in [0.2, 0.25) is 10.0 Å². The van der Waals surface area contributed by atoms with Crippen LogP contribution in [0.5, 0.6) is 11.5 Å². The van der Waals surface area contributed by atoms with Crippen molar-refractivity contribution in [1.82, 2.24) is 9.62 Å².